The molecule has 1 aliphatic heterocycles. The van der Waals surface area contributed by atoms with Gasteiger partial charge in [0.1, 0.15) is 5.76 Å². The van der Waals surface area contributed by atoms with Crippen molar-refractivity contribution in [1.29, 1.82) is 0 Å². The average molecular weight is 626 g/mol. The summed E-state index contributed by atoms with van der Waals surface area (Å²) < 4.78 is 35.8. The van der Waals surface area contributed by atoms with E-state index in [0.717, 1.165) is 0 Å². The highest BCUT2D eigenvalue weighted by molar-refractivity contribution is 6.31. The minimum Gasteiger partial charge on any atom is -0.464 e. The smallest absolute Gasteiger partial charge is 0.333 e. The highest BCUT2D eigenvalue weighted by Crippen LogP contribution is 2.37. The molecule has 2 atom stereocenters. The van der Waals surface area contributed by atoms with Gasteiger partial charge in [-0.3, -0.25) is 14.6 Å². The monoisotopic (exact) mass is 625 g/mol. The number of pyridine rings is 1. The molecule has 2 bridgehead atoms. The first-order valence-electron chi connectivity index (χ1n) is 13.3. The largest absolute Gasteiger partial charge is 0.464 e. The summed E-state index contributed by atoms with van der Waals surface area (Å²) in [7, 11) is 0. The first kappa shape index (κ1) is 28.7. The predicted molar refractivity (Wildman–Crippen MR) is 156 cm³/mol. The number of anilines is 1. The van der Waals surface area contributed by atoms with E-state index in [0.29, 0.717) is 57.0 Å². The van der Waals surface area contributed by atoms with Crippen molar-refractivity contribution in [2.45, 2.75) is 38.7 Å². The highest BCUT2D eigenvalue weighted by Gasteiger charge is 2.27. The van der Waals surface area contributed by atoms with Crippen molar-refractivity contribution in [2.24, 2.45) is 5.92 Å². The summed E-state index contributed by atoms with van der Waals surface area (Å²) in [4.78, 5) is 31.1. The molecule has 5 heterocycles. The van der Waals surface area contributed by atoms with E-state index in [-0.39, 0.29) is 33.6 Å². The molecule has 5 aromatic rings. The van der Waals surface area contributed by atoms with Gasteiger partial charge in [-0.2, -0.15) is 13.9 Å². The molecule has 0 saturated heterocycles. The summed E-state index contributed by atoms with van der Waals surface area (Å²) in [5, 5.41) is 15.0. The van der Waals surface area contributed by atoms with Crippen LogP contribution in [0.15, 0.2) is 70.5 Å². The average Bonchev–Trinajstić information content (AvgIpc) is 3.61. The van der Waals surface area contributed by atoms with Gasteiger partial charge in [-0.05, 0) is 43.2 Å². The number of fused-ring (bicyclic) bond motifs is 4. The Morgan fingerprint density at radius 2 is 1.95 bits per heavy atom. The number of carbonyl (C=O) groups excluding carboxylic acids is 1. The molecule has 10 nitrogen and oxygen atoms in total. The van der Waals surface area contributed by atoms with Crippen molar-refractivity contribution in [1.82, 2.24) is 29.8 Å². The standard InChI is InChI=1S/C29H23Cl2F2N7O3/c1-15-3-2-4-18(21-9-16(7-8-34-21)27-22(36-28(15)42)12-35-40(27)29(32)33)20-14-43-25(11-24(20)41)19-10-17(30)5-6-23(19)39-13-26(31)37-38-39/h5-15,18,29H,2-4H2,1H3,(H,36,42). The van der Waals surface area contributed by atoms with Crippen molar-refractivity contribution in [3.8, 4) is 28.3 Å². The summed E-state index contributed by atoms with van der Waals surface area (Å²) in [5.41, 5.74) is 2.11. The number of carbonyl (C=O) groups is 1. The maximum absolute atomic E-state index is 13.9. The quantitative estimate of drug-likeness (QED) is 0.235. The van der Waals surface area contributed by atoms with Gasteiger partial charge in [0.2, 0.25) is 5.91 Å². The van der Waals surface area contributed by atoms with Gasteiger partial charge < -0.3 is 9.73 Å². The molecule has 43 heavy (non-hydrogen) atoms. The van der Waals surface area contributed by atoms with E-state index in [1.807, 2.05) is 0 Å². The van der Waals surface area contributed by atoms with Gasteiger partial charge in [0.15, 0.2) is 10.6 Å². The fourth-order valence-electron chi connectivity index (χ4n) is 5.24. The second-order valence-electron chi connectivity index (χ2n) is 10.2. The van der Waals surface area contributed by atoms with Crippen LogP contribution >= 0.6 is 23.2 Å². The predicted octanol–water partition coefficient (Wildman–Crippen LogP) is 6.74. The molecule has 0 fully saturated rings. The van der Waals surface area contributed by atoms with Crippen LogP contribution < -0.4 is 10.7 Å². The molecule has 1 N–H and O–H groups in total. The Balaban J connectivity index is 1.45. The third-order valence-electron chi connectivity index (χ3n) is 7.40. The minimum absolute atomic E-state index is 0.0441. The minimum atomic E-state index is -2.94. The summed E-state index contributed by atoms with van der Waals surface area (Å²) in [6, 6.07) is 9.57. The van der Waals surface area contributed by atoms with Crippen LogP contribution in [0.25, 0.3) is 28.3 Å². The van der Waals surface area contributed by atoms with Gasteiger partial charge in [0.05, 0.1) is 35.7 Å². The molecule has 4 aromatic heterocycles. The number of nitrogens with one attached hydrogen (secondary N) is 1. The van der Waals surface area contributed by atoms with Crippen molar-refractivity contribution in [3.05, 3.63) is 92.9 Å². The first-order chi connectivity index (χ1) is 20.7. The normalized spacial score (nSPS) is 17.2. The van der Waals surface area contributed by atoms with Gasteiger partial charge in [-0.25, -0.2) is 9.36 Å². The maximum Gasteiger partial charge on any atom is 0.333 e. The zero-order chi connectivity index (χ0) is 30.2. The molecule has 2 unspecified atom stereocenters. The van der Waals surface area contributed by atoms with E-state index < -0.39 is 18.4 Å². The van der Waals surface area contributed by atoms with Gasteiger partial charge >= 0.3 is 6.55 Å². The molecule has 1 aliphatic rings. The lowest BCUT2D eigenvalue weighted by Gasteiger charge is -2.20. The zero-order valence-electron chi connectivity index (χ0n) is 22.5. The molecule has 14 heteroatoms. The number of halogens is 4. The number of hydrogen-bond acceptors (Lipinski definition) is 7. The van der Waals surface area contributed by atoms with E-state index in [1.165, 1.54) is 35.6 Å². The van der Waals surface area contributed by atoms with Crippen LogP contribution in [0.4, 0.5) is 14.5 Å². The Morgan fingerprint density at radius 3 is 2.70 bits per heavy atom. The van der Waals surface area contributed by atoms with E-state index >= 15 is 0 Å². The van der Waals surface area contributed by atoms with Crippen LogP contribution in [0.2, 0.25) is 10.2 Å². The second kappa shape index (κ2) is 11.7. The van der Waals surface area contributed by atoms with Crippen molar-refractivity contribution in [3.63, 3.8) is 0 Å². The lowest BCUT2D eigenvalue weighted by molar-refractivity contribution is -0.119. The van der Waals surface area contributed by atoms with Gasteiger partial charge in [0.25, 0.3) is 0 Å². The lowest BCUT2D eigenvalue weighted by Crippen LogP contribution is -2.22. The topological polar surface area (TPSA) is 121 Å². The maximum atomic E-state index is 13.9. The van der Waals surface area contributed by atoms with Crippen LogP contribution in [0, 0.1) is 5.92 Å². The lowest BCUT2D eigenvalue weighted by atomic mass is 9.88. The molecular formula is C29H23Cl2F2N7O3. The second-order valence-corrected chi connectivity index (χ2v) is 11.0. The Hall–Kier alpha value is -4.42. The molecule has 220 valence electrons. The summed E-state index contributed by atoms with van der Waals surface area (Å²) in [6.45, 7) is -1.18. The fraction of sp³-hybridized carbons (Fsp3) is 0.241. The van der Waals surface area contributed by atoms with Crippen LogP contribution in [-0.4, -0.2) is 35.7 Å². The summed E-state index contributed by atoms with van der Waals surface area (Å²) in [6.07, 6.45) is 7.12. The molecule has 1 amide bonds. The molecule has 0 saturated carbocycles. The molecule has 0 aliphatic carbocycles. The fourth-order valence-corrected chi connectivity index (χ4v) is 5.54. The van der Waals surface area contributed by atoms with E-state index in [1.54, 1.807) is 37.3 Å². The zero-order valence-corrected chi connectivity index (χ0v) is 24.1. The SMILES string of the molecule is CC1CCCC(c2coc(-c3cc(Cl)ccc3-n3cc(Cl)nn3)cc2=O)c2cc(ccn2)-c2c(cnn2C(F)F)NC1=O. The third kappa shape index (κ3) is 5.67. The molecule has 0 spiro atoms. The molecule has 1 aromatic carbocycles. The van der Waals surface area contributed by atoms with Crippen molar-refractivity contribution >= 4 is 34.8 Å². The Kier molecular flexibility index (Phi) is 7.80. The van der Waals surface area contributed by atoms with Gasteiger partial charge in [-0.1, -0.05) is 41.8 Å². The van der Waals surface area contributed by atoms with Gasteiger partial charge in [-0.15, -0.1) is 5.10 Å². The van der Waals surface area contributed by atoms with Gasteiger partial charge in [0, 0.05) is 51.5 Å². The van der Waals surface area contributed by atoms with Crippen LogP contribution in [0.1, 0.15) is 49.9 Å². The number of nitrogens with zero attached hydrogens (tertiary/aromatic N) is 6. The van der Waals surface area contributed by atoms with E-state index in [4.69, 9.17) is 27.6 Å². The van der Waals surface area contributed by atoms with E-state index in [2.05, 4.69) is 25.7 Å². The van der Waals surface area contributed by atoms with Crippen molar-refractivity contribution < 1.29 is 18.0 Å². The molecular weight excluding hydrogens is 603 g/mol. The Bertz CT molecular complexity index is 1890. The van der Waals surface area contributed by atoms with Crippen LogP contribution in [0.5, 0.6) is 0 Å². The number of amides is 1. The number of benzene rings is 1. The van der Waals surface area contributed by atoms with Crippen LogP contribution in [-0.2, 0) is 4.79 Å². The van der Waals surface area contributed by atoms with Crippen LogP contribution in [0.3, 0.4) is 0 Å². The summed E-state index contributed by atoms with van der Waals surface area (Å²) >= 11 is 12.2. The third-order valence-corrected chi connectivity index (χ3v) is 7.81. The van der Waals surface area contributed by atoms with Crippen molar-refractivity contribution in [2.75, 3.05) is 5.32 Å². The summed E-state index contributed by atoms with van der Waals surface area (Å²) in [5.74, 6) is -1.03. The van der Waals surface area contributed by atoms with E-state index in [9.17, 15) is 18.4 Å². The number of hydrogen-bond donors (Lipinski definition) is 1. The Labute approximate surface area is 253 Å². The molecule has 0 radical (unpaired) electrons. The number of aromatic nitrogens is 6. The number of rotatable bonds is 4. The number of alkyl halides is 2. The highest BCUT2D eigenvalue weighted by atomic mass is 35.5. The first-order valence-corrected chi connectivity index (χ1v) is 14.1. The molecule has 6 rings (SSSR count). The Morgan fingerprint density at radius 1 is 1.12 bits per heavy atom.